The lowest BCUT2D eigenvalue weighted by Gasteiger charge is -2.30. The van der Waals surface area contributed by atoms with Crippen LogP contribution >= 0.6 is 0 Å². The van der Waals surface area contributed by atoms with Crippen LogP contribution in [0.1, 0.15) is 32.6 Å². The van der Waals surface area contributed by atoms with Gasteiger partial charge in [-0.2, -0.15) is 0 Å². The van der Waals surface area contributed by atoms with Gasteiger partial charge in [0.25, 0.3) is 0 Å². The molecule has 5 heteroatoms. The van der Waals surface area contributed by atoms with Crippen LogP contribution in [0.4, 0.5) is 4.79 Å². The molecular weight excluding hydrogens is 220 g/mol. The summed E-state index contributed by atoms with van der Waals surface area (Å²) in [5.41, 5.74) is 0. The number of esters is 1. The Balaban J connectivity index is 2.28. The minimum atomic E-state index is -0.245. The van der Waals surface area contributed by atoms with Crippen LogP contribution in [-0.2, 0) is 9.53 Å². The number of nitrogens with zero attached hydrogens (tertiary/aromatic N) is 2. The van der Waals surface area contributed by atoms with Crippen LogP contribution in [0.2, 0.25) is 0 Å². The minimum Gasteiger partial charge on any atom is -0.466 e. The summed E-state index contributed by atoms with van der Waals surface area (Å²) in [6, 6.07) is 0.0222. The smallest absolute Gasteiger partial charge is 0.319 e. The molecule has 0 spiro atoms. The van der Waals surface area contributed by atoms with Gasteiger partial charge in [0, 0.05) is 26.7 Å². The zero-order chi connectivity index (χ0) is 12.7. The van der Waals surface area contributed by atoms with Gasteiger partial charge in [-0.3, -0.25) is 4.79 Å². The molecule has 5 nitrogen and oxygen atoms in total. The van der Waals surface area contributed by atoms with Crippen molar-refractivity contribution in [3.05, 3.63) is 0 Å². The highest BCUT2D eigenvalue weighted by molar-refractivity contribution is 5.75. The first-order valence-electron chi connectivity index (χ1n) is 6.30. The zero-order valence-electron chi connectivity index (χ0n) is 10.8. The lowest BCUT2D eigenvalue weighted by atomic mass is 10.1. The van der Waals surface area contributed by atoms with E-state index in [9.17, 15) is 9.59 Å². The molecule has 17 heavy (non-hydrogen) atoms. The molecule has 1 saturated heterocycles. The van der Waals surface area contributed by atoms with Gasteiger partial charge in [-0.15, -0.1) is 0 Å². The van der Waals surface area contributed by atoms with Crippen LogP contribution < -0.4 is 0 Å². The molecule has 0 aliphatic carbocycles. The normalized spacial score (nSPS) is 15.5. The van der Waals surface area contributed by atoms with E-state index in [0.29, 0.717) is 13.2 Å². The second-order valence-corrected chi connectivity index (χ2v) is 4.31. The zero-order valence-corrected chi connectivity index (χ0v) is 10.8. The van der Waals surface area contributed by atoms with E-state index < -0.39 is 0 Å². The fraction of sp³-hybridized carbons (Fsp3) is 0.833. The van der Waals surface area contributed by atoms with Crippen LogP contribution in [0.15, 0.2) is 0 Å². The molecule has 0 bridgehead atoms. The maximum atomic E-state index is 12.0. The largest absolute Gasteiger partial charge is 0.466 e. The van der Waals surface area contributed by atoms with Gasteiger partial charge in [0.1, 0.15) is 0 Å². The summed E-state index contributed by atoms with van der Waals surface area (Å²) in [7, 11) is 1.73. The second kappa shape index (κ2) is 7.14. The maximum absolute atomic E-state index is 12.0. The lowest BCUT2D eigenvalue weighted by Crippen LogP contribution is -2.44. The fourth-order valence-corrected chi connectivity index (χ4v) is 1.91. The number of hydrogen-bond donors (Lipinski definition) is 0. The molecule has 1 rings (SSSR count). The van der Waals surface area contributed by atoms with Crippen molar-refractivity contribution < 1.29 is 14.3 Å². The Morgan fingerprint density at radius 2 is 1.88 bits per heavy atom. The summed E-state index contributed by atoms with van der Waals surface area (Å²) >= 11 is 0. The van der Waals surface area contributed by atoms with Crippen LogP contribution in [0.5, 0.6) is 0 Å². The fourth-order valence-electron chi connectivity index (χ4n) is 1.91. The molecule has 0 N–H and O–H groups in total. The summed E-state index contributed by atoms with van der Waals surface area (Å²) in [4.78, 5) is 26.6. The predicted molar refractivity (Wildman–Crippen MR) is 64.7 cm³/mol. The first kappa shape index (κ1) is 13.8. The molecule has 1 fully saturated rings. The Kier molecular flexibility index (Phi) is 5.80. The van der Waals surface area contributed by atoms with Gasteiger partial charge < -0.3 is 14.5 Å². The van der Waals surface area contributed by atoms with E-state index in [1.807, 2.05) is 4.90 Å². The highest BCUT2D eigenvalue weighted by Crippen LogP contribution is 2.10. The van der Waals surface area contributed by atoms with Crippen molar-refractivity contribution in [2.45, 2.75) is 32.6 Å². The van der Waals surface area contributed by atoms with Gasteiger partial charge in [0.05, 0.1) is 13.0 Å². The number of piperidine rings is 1. The molecule has 0 unspecified atom stereocenters. The highest BCUT2D eigenvalue weighted by Gasteiger charge is 2.20. The summed E-state index contributed by atoms with van der Waals surface area (Å²) in [6.45, 7) is 4.27. The van der Waals surface area contributed by atoms with Gasteiger partial charge >= 0.3 is 12.0 Å². The average Bonchev–Trinajstić information content (AvgIpc) is 2.36. The monoisotopic (exact) mass is 242 g/mol. The average molecular weight is 242 g/mol. The van der Waals surface area contributed by atoms with Crippen LogP contribution in [0, 0.1) is 0 Å². The van der Waals surface area contributed by atoms with Gasteiger partial charge in [-0.25, -0.2) is 4.79 Å². The Bertz CT molecular complexity index is 262. The summed E-state index contributed by atoms with van der Waals surface area (Å²) in [5, 5.41) is 0. The number of carbonyl (C=O) groups excluding carboxylic acids is 2. The van der Waals surface area contributed by atoms with Crippen molar-refractivity contribution in [2.24, 2.45) is 0 Å². The topological polar surface area (TPSA) is 49.9 Å². The van der Waals surface area contributed by atoms with E-state index in [-0.39, 0.29) is 18.4 Å². The first-order chi connectivity index (χ1) is 8.15. The number of ether oxygens (including phenoxy) is 1. The summed E-state index contributed by atoms with van der Waals surface area (Å²) in [6.07, 6.45) is 3.63. The van der Waals surface area contributed by atoms with Gasteiger partial charge in [0.2, 0.25) is 0 Å². The van der Waals surface area contributed by atoms with Crippen molar-refractivity contribution in [3.63, 3.8) is 0 Å². The lowest BCUT2D eigenvalue weighted by molar-refractivity contribution is -0.143. The van der Waals surface area contributed by atoms with E-state index >= 15 is 0 Å². The number of urea groups is 1. The van der Waals surface area contributed by atoms with Crippen molar-refractivity contribution in [1.29, 1.82) is 0 Å². The Morgan fingerprint density at radius 3 is 2.47 bits per heavy atom. The van der Waals surface area contributed by atoms with E-state index in [2.05, 4.69) is 0 Å². The van der Waals surface area contributed by atoms with E-state index in [1.54, 1.807) is 18.9 Å². The molecule has 98 valence electrons. The van der Waals surface area contributed by atoms with Gasteiger partial charge in [-0.1, -0.05) is 0 Å². The third-order valence-electron chi connectivity index (χ3n) is 2.91. The molecule has 1 aliphatic heterocycles. The van der Waals surface area contributed by atoms with E-state index in [1.165, 1.54) is 6.42 Å². The Morgan fingerprint density at radius 1 is 1.24 bits per heavy atom. The number of amides is 2. The van der Waals surface area contributed by atoms with Crippen molar-refractivity contribution in [2.75, 3.05) is 33.3 Å². The number of hydrogen-bond acceptors (Lipinski definition) is 3. The van der Waals surface area contributed by atoms with E-state index in [4.69, 9.17) is 4.74 Å². The molecule has 0 atom stereocenters. The number of rotatable bonds is 4. The molecule has 0 aromatic carbocycles. The van der Waals surface area contributed by atoms with Gasteiger partial charge in [0.15, 0.2) is 0 Å². The third kappa shape index (κ3) is 4.63. The second-order valence-electron chi connectivity index (χ2n) is 4.31. The standard InChI is InChI=1S/C12H22N2O3/c1-3-17-11(15)7-10-13(2)12(16)14-8-5-4-6-9-14/h3-10H2,1-2H3. The van der Waals surface area contributed by atoms with Crippen molar-refractivity contribution >= 4 is 12.0 Å². The number of likely N-dealkylation sites (tertiary alicyclic amines) is 1. The molecule has 0 aromatic heterocycles. The maximum Gasteiger partial charge on any atom is 0.319 e. The van der Waals surface area contributed by atoms with Crippen molar-refractivity contribution in [1.82, 2.24) is 9.80 Å². The number of carbonyl (C=O) groups is 2. The van der Waals surface area contributed by atoms with Crippen molar-refractivity contribution in [3.8, 4) is 0 Å². The quantitative estimate of drug-likeness (QED) is 0.702. The molecule has 0 saturated carbocycles. The summed E-state index contributed by atoms with van der Waals surface area (Å²) < 4.78 is 4.83. The highest BCUT2D eigenvalue weighted by atomic mass is 16.5. The first-order valence-corrected chi connectivity index (χ1v) is 6.30. The van der Waals surface area contributed by atoms with E-state index in [0.717, 1.165) is 25.9 Å². The van der Waals surface area contributed by atoms with Crippen LogP contribution in [0.3, 0.4) is 0 Å². The molecular formula is C12H22N2O3. The minimum absolute atomic E-state index is 0.0222. The Hall–Kier alpha value is -1.26. The Labute approximate surface area is 103 Å². The predicted octanol–water partition coefficient (Wildman–Crippen LogP) is 1.48. The van der Waals surface area contributed by atoms with Crippen LogP contribution in [-0.4, -0.2) is 55.1 Å². The molecule has 0 radical (unpaired) electrons. The molecule has 1 aliphatic rings. The third-order valence-corrected chi connectivity index (χ3v) is 2.91. The van der Waals surface area contributed by atoms with Crippen LogP contribution in [0.25, 0.3) is 0 Å². The molecule has 2 amide bonds. The molecule has 1 heterocycles. The molecule has 0 aromatic rings. The summed E-state index contributed by atoms with van der Waals surface area (Å²) in [5.74, 6) is -0.245. The van der Waals surface area contributed by atoms with Gasteiger partial charge in [-0.05, 0) is 26.2 Å². The SMILES string of the molecule is CCOC(=O)CCN(C)C(=O)N1CCCCC1.